The number of aromatic nitrogens is 1. The van der Waals surface area contributed by atoms with Gasteiger partial charge in [0.1, 0.15) is 16.6 Å². The van der Waals surface area contributed by atoms with Gasteiger partial charge in [0.25, 0.3) is 5.91 Å². The second kappa shape index (κ2) is 8.82. The first-order valence-electron chi connectivity index (χ1n) is 11.2. The van der Waals surface area contributed by atoms with Gasteiger partial charge in [-0.05, 0) is 44.5 Å². The van der Waals surface area contributed by atoms with Crippen LogP contribution in [0.4, 0.5) is 14.9 Å². The molecule has 3 N–H and O–H groups in total. The zero-order valence-electron chi connectivity index (χ0n) is 19.3. The standard InChI is InChI=1S/C24H21ClFN5O4S/c1-24(2,22-29-19-13(25)4-3-5-16(19)36-22)30-23(35)27-14-7-6-11-12(18(14)26)10-31(21(11)34)15-8-9-17(32)28-20(15)33/h3-7,15H,8-10H2,1-2H3,(H2,27,30,35)(H,28,32,33). The molecule has 2 aliphatic rings. The van der Waals surface area contributed by atoms with E-state index in [4.69, 9.17) is 11.6 Å². The van der Waals surface area contributed by atoms with Crippen molar-refractivity contribution >= 4 is 62.6 Å². The molecule has 186 valence electrons. The van der Waals surface area contributed by atoms with Crippen molar-refractivity contribution in [2.75, 3.05) is 5.32 Å². The molecule has 1 unspecified atom stereocenters. The first-order valence-corrected chi connectivity index (χ1v) is 12.4. The molecule has 36 heavy (non-hydrogen) atoms. The minimum Gasteiger partial charge on any atom is -0.326 e. The number of thiazole rings is 1. The molecule has 0 aliphatic carbocycles. The van der Waals surface area contributed by atoms with Crippen molar-refractivity contribution < 1.29 is 23.6 Å². The maximum absolute atomic E-state index is 15.3. The Bertz CT molecular complexity index is 1460. The Morgan fingerprint density at radius 1 is 1.25 bits per heavy atom. The average molecular weight is 530 g/mol. The fourth-order valence-corrected chi connectivity index (χ4v) is 5.70. The third kappa shape index (κ3) is 4.18. The summed E-state index contributed by atoms with van der Waals surface area (Å²) in [6.07, 6.45) is 0.272. The number of fused-ring (bicyclic) bond motifs is 2. The molecule has 2 aliphatic heterocycles. The fraction of sp³-hybridized carbons (Fsp3) is 0.292. The minimum atomic E-state index is -0.886. The number of benzene rings is 2. The number of urea groups is 1. The van der Waals surface area contributed by atoms with E-state index in [2.05, 4.69) is 20.9 Å². The fourth-order valence-electron chi connectivity index (χ4n) is 4.37. The van der Waals surface area contributed by atoms with E-state index in [1.165, 1.54) is 28.4 Å². The van der Waals surface area contributed by atoms with Crippen molar-refractivity contribution in [3.8, 4) is 0 Å². The van der Waals surface area contributed by atoms with Crippen molar-refractivity contribution in [3.05, 3.63) is 57.3 Å². The number of halogens is 2. The van der Waals surface area contributed by atoms with Crippen LogP contribution in [0.25, 0.3) is 10.2 Å². The first kappa shape index (κ1) is 24.1. The maximum Gasteiger partial charge on any atom is 0.320 e. The van der Waals surface area contributed by atoms with Gasteiger partial charge in [0.15, 0.2) is 5.82 Å². The highest BCUT2D eigenvalue weighted by Gasteiger charge is 2.40. The average Bonchev–Trinajstić information content (AvgIpc) is 3.39. The Labute approximate surface area is 214 Å². The van der Waals surface area contributed by atoms with Crippen molar-refractivity contribution in [3.63, 3.8) is 0 Å². The van der Waals surface area contributed by atoms with Crippen molar-refractivity contribution in [1.29, 1.82) is 0 Å². The number of amides is 5. The van der Waals surface area contributed by atoms with Crippen LogP contribution in [0.15, 0.2) is 30.3 Å². The summed E-state index contributed by atoms with van der Waals surface area (Å²) < 4.78 is 16.2. The van der Waals surface area contributed by atoms with Crippen LogP contribution in [0.1, 0.15) is 47.6 Å². The van der Waals surface area contributed by atoms with Gasteiger partial charge in [-0.2, -0.15) is 0 Å². The van der Waals surface area contributed by atoms with Gasteiger partial charge in [-0.3, -0.25) is 19.7 Å². The molecule has 2 aromatic carbocycles. The zero-order valence-corrected chi connectivity index (χ0v) is 20.8. The SMILES string of the molecule is CC(C)(NC(=O)Nc1ccc2c(c1F)CN(C1CCC(=O)NC1=O)C2=O)c1nc2c(Cl)cccc2s1. The number of hydrogen-bond acceptors (Lipinski definition) is 6. The summed E-state index contributed by atoms with van der Waals surface area (Å²) in [5.74, 6) is -2.23. The number of imide groups is 1. The molecule has 1 fully saturated rings. The van der Waals surface area contributed by atoms with E-state index in [1.54, 1.807) is 19.9 Å². The molecule has 1 saturated heterocycles. The lowest BCUT2D eigenvalue weighted by atomic mass is 10.0. The summed E-state index contributed by atoms with van der Waals surface area (Å²) in [7, 11) is 0. The Kier molecular flexibility index (Phi) is 5.92. The molecule has 3 aromatic rings. The van der Waals surface area contributed by atoms with Crippen LogP contribution in [0.3, 0.4) is 0 Å². The molecular formula is C24H21ClFN5O4S. The molecule has 0 radical (unpaired) electrons. The van der Waals surface area contributed by atoms with Gasteiger partial charge in [0, 0.05) is 17.5 Å². The van der Waals surface area contributed by atoms with Crippen molar-refractivity contribution in [2.45, 2.75) is 44.8 Å². The van der Waals surface area contributed by atoms with Crippen LogP contribution in [0, 0.1) is 5.82 Å². The molecule has 3 heterocycles. The lowest BCUT2D eigenvalue weighted by Gasteiger charge is -2.29. The second-order valence-electron chi connectivity index (χ2n) is 9.16. The Morgan fingerprint density at radius 3 is 2.75 bits per heavy atom. The Hall–Kier alpha value is -3.57. The first-order chi connectivity index (χ1) is 17.0. The number of para-hydroxylation sites is 1. The van der Waals surface area contributed by atoms with Crippen LogP contribution in [-0.4, -0.2) is 39.7 Å². The lowest BCUT2D eigenvalue weighted by Crippen LogP contribution is -2.52. The van der Waals surface area contributed by atoms with Crippen molar-refractivity contribution in [1.82, 2.24) is 20.5 Å². The van der Waals surface area contributed by atoms with Gasteiger partial charge in [-0.25, -0.2) is 14.2 Å². The van der Waals surface area contributed by atoms with Crippen molar-refractivity contribution in [2.24, 2.45) is 0 Å². The minimum absolute atomic E-state index is 0.0857. The van der Waals surface area contributed by atoms with Gasteiger partial charge in [0.2, 0.25) is 11.8 Å². The molecule has 0 saturated carbocycles. The third-order valence-corrected chi connectivity index (χ3v) is 7.88. The van der Waals surface area contributed by atoms with E-state index in [-0.39, 0.29) is 36.2 Å². The molecule has 12 heteroatoms. The van der Waals surface area contributed by atoms with E-state index < -0.39 is 41.2 Å². The van der Waals surface area contributed by atoms with E-state index in [0.717, 1.165) is 4.70 Å². The largest absolute Gasteiger partial charge is 0.326 e. The summed E-state index contributed by atoms with van der Waals surface area (Å²) in [6.45, 7) is 3.41. The molecule has 1 aromatic heterocycles. The number of rotatable bonds is 4. The predicted octanol–water partition coefficient (Wildman–Crippen LogP) is 3.91. The zero-order chi connectivity index (χ0) is 25.8. The molecule has 5 amide bonds. The topological polar surface area (TPSA) is 120 Å². The molecule has 0 bridgehead atoms. The van der Waals surface area contributed by atoms with Crippen LogP contribution < -0.4 is 16.0 Å². The van der Waals surface area contributed by atoms with Crippen LogP contribution in [0.2, 0.25) is 5.02 Å². The normalized spacial score (nSPS) is 17.8. The summed E-state index contributed by atoms with van der Waals surface area (Å²) in [5.41, 5.74) is -0.142. The molecule has 5 rings (SSSR count). The Morgan fingerprint density at radius 2 is 2.03 bits per heavy atom. The molecule has 1 atom stereocenters. The maximum atomic E-state index is 15.3. The quantitative estimate of drug-likeness (QED) is 0.443. The van der Waals surface area contributed by atoms with Crippen LogP contribution in [0.5, 0.6) is 0 Å². The molecule has 9 nitrogen and oxygen atoms in total. The monoisotopic (exact) mass is 529 g/mol. The van der Waals surface area contributed by atoms with Gasteiger partial charge in [-0.1, -0.05) is 17.7 Å². The summed E-state index contributed by atoms with van der Waals surface area (Å²) in [5, 5.41) is 8.65. The van der Waals surface area contributed by atoms with E-state index in [1.807, 2.05) is 12.1 Å². The summed E-state index contributed by atoms with van der Waals surface area (Å²) >= 11 is 7.61. The predicted molar refractivity (Wildman–Crippen MR) is 132 cm³/mol. The van der Waals surface area contributed by atoms with E-state index in [0.29, 0.717) is 15.5 Å². The molecular weight excluding hydrogens is 509 g/mol. The number of hydrogen-bond donors (Lipinski definition) is 3. The Balaban J connectivity index is 1.32. The number of nitrogens with zero attached hydrogens (tertiary/aromatic N) is 2. The van der Waals surface area contributed by atoms with Gasteiger partial charge in [0.05, 0.1) is 27.5 Å². The highest BCUT2D eigenvalue weighted by atomic mass is 35.5. The highest BCUT2D eigenvalue weighted by molar-refractivity contribution is 7.18. The van der Waals surface area contributed by atoms with Crippen LogP contribution in [-0.2, 0) is 21.7 Å². The number of carbonyl (C=O) groups excluding carboxylic acids is 4. The third-order valence-electron chi connectivity index (χ3n) is 6.23. The number of anilines is 1. The summed E-state index contributed by atoms with van der Waals surface area (Å²) in [4.78, 5) is 55.1. The molecule has 0 spiro atoms. The van der Waals surface area contributed by atoms with Gasteiger partial charge < -0.3 is 15.5 Å². The van der Waals surface area contributed by atoms with Gasteiger partial charge >= 0.3 is 6.03 Å². The second-order valence-corrected chi connectivity index (χ2v) is 10.6. The smallest absolute Gasteiger partial charge is 0.320 e. The van der Waals surface area contributed by atoms with Crippen LogP contribution >= 0.6 is 22.9 Å². The number of piperidine rings is 1. The van der Waals surface area contributed by atoms with Gasteiger partial charge in [-0.15, -0.1) is 11.3 Å². The summed E-state index contributed by atoms with van der Waals surface area (Å²) in [6, 6.07) is 6.66. The number of carbonyl (C=O) groups is 4. The van der Waals surface area contributed by atoms with E-state index >= 15 is 4.39 Å². The highest BCUT2D eigenvalue weighted by Crippen LogP contribution is 2.34. The lowest BCUT2D eigenvalue weighted by molar-refractivity contribution is -0.136. The number of nitrogens with one attached hydrogen (secondary N) is 3. The van der Waals surface area contributed by atoms with E-state index in [9.17, 15) is 19.2 Å².